The van der Waals surface area contributed by atoms with Crippen molar-refractivity contribution in [2.75, 3.05) is 5.32 Å². The van der Waals surface area contributed by atoms with Gasteiger partial charge in [0.2, 0.25) is 5.75 Å². The van der Waals surface area contributed by atoms with Crippen molar-refractivity contribution in [3.63, 3.8) is 0 Å². The highest BCUT2D eigenvalue weighted by Gasteiger charge is 2.13. The summed E-state index contributed by atoms with van der Waals surface area (Å²) in [6, 6.07) is 4.38. The number of benzene rings is 2. The van der Waals surface area contributed by atoms with Crippen molar-refractivity contribution in [1.82, 2.24) is 0 Å². The fourth-order valence-corrected chi connectivity index (χ4v) is 2.20. The lowest BCUT2D eigenvalue weighted by Gasteiger charge is -2.12. The Labute approximate surface area is 121 Å². The van der Waals surface area contributed by atoms with Gasteiger partial charge in [-0.25, -0.2) is 8.78 Å². The minimum absolute atomic E-state index is 0.0263. The summed E-state index contributed by atoms with van der Waals surface area (Å²) in [6.45, 7) is -0.0270. The Balaban J connectivity index is 2.24. The molecule has 0 bridgehead atoms. The van der Waals surface area contributed by atoms with Crippen molar-refractivity contribution in [3.05, 3.63) is 45.9 Å². The van der Waals surface area contributed by atoms with Crippen LogP contribution < -0.4 is 5.32 Å². The second-order valence-corrected chi connectivity index (χ2v) is 4.89. The van der Waals surface area contributed by atoms with Gasteiger partial charge in [0.15, 0.2) is 11.5 Å². The molecule has 0 amide bonds. The van der Waals surface area contributed by atoms with E-state index in [-0.39, 0.29) is 22.3 Å². The maximum absolute atomic E-state index is 13.6. The molecule has 4 nitrogen and oxygen atoms in total. The summed E-state index contributed by atoms with van der Waals surface area (Å²) in [5, 5.41) is 30.9. The predicted molar refractivity (Wildman–Crippen MR) is 72.8 cm³/mol. The first-order valence-electron chi connectivity index (χ1n) is 5.51. The monoisotopic (exact) mass is 345 g/mol. The lowest BCUT2D eigenvalue weighted by Crippen LogP contribution is -2.03. The van der Waals surface area contributed by atoms with Crippen LogP contribution in [0.5, 0.6) is 17.2 Å². The van der Waals surface area contributed by atoms with Crippen LogP contribution in [0.2, 0.25) is 0 Å². The fraction of sp³-hybridized carbons (Fsp3) is 0.0769. The number of hydrogen-bond donors (Lipinski definition) is 4. The molecule has 20 heavy (non-hydrogen) atoms. The Morgan fingerprint density at radius 2 is 1.75 bits per heavy atom. The van der Waals surface area contributed by atoms with E-state index >= 15 is 0 Å². The number of hydrogen-bond acceptors (Lipinski definition) is 4. The average Bonchev–Trinajstić information content (AvgIpc) is 2.37. The van der Waals surface area contributed by atoms with Crippen molar-refractivity contribution in [1.29, 1.82) is 0 Å². The third-order valence-electron chi connectivity index (χ3n) is 2.68. The maximum atomic E-state index is 13.6. The smallest absolute Gasteiger partial charge is 0.200 e. The van der Waals surface area contributed by atoms with Crippen molar-refractivity contribution < 1.29 is 24.1 Å². The second-order valence-electron chi connectivity index (χ2n) is 4.04. The van der Waals surface area contributed by atoms with E-state index in [1.54, 1.807) is 0 Å². The predicted octanol–water partition coefficient (Wildman–Crippen LogP) is 3.46. The first kappa shape index (κ1) is 14.4. The standard InChI is InChI=1S/C13H10BrF2NO3/c14-8-3-7(15)4-9(16)11(8)17-5-6-1-2-10(18)13(20)12(6)19/h1-4,17-20H,5H2. The molecule has 0 aliphatic rings. The molecule has 0 saturated carbocycles. The van der Waals surface area contributed by atoms with Gasteiger partial charge >= 0.3 is 0 Å². The normalized spacial score (nSPS) is 10.6. The molecule has 0 aliphatic carbocycles. The van der Waals surface area contributed by atoms with Gasteiger partial charge in [-0.05, 0) is 34.1 Å². The van der Waals surface area contributed by atoms with Crippen LogP contribution in [0.3, 0.4) is 0 Å². The van der Waals surface area contributed by atoms with E-state index in [4.69, 9.17) is 0 Å². The zero-order valence-electron chi connectivity index (χ0n) is 9.99. The molecule has 2 rings (SSSR count). The highest BCUT2D eigenvalue weighted by molar-refractivity contribution is 9.10. The fourth-order valence-electron chi connectivity index (χ4n) is 1.65. The second kappa shape index (κ2) is 5.54. The van der Waals surface area contributed by atoms with Crippen molar-refractivity contribution in [2.24, 2.45) is 0 Å². The van der Waals surface area contributed by atoms with Gasteiger partial charge in [0.1, 0.15) is 11.6 Å². The van der Waals surface area contributed by atoms with Gasteiger partial charge in [-0.1, -0.05) is 0 Å². The number of rotatable bonds is 3. The molecule has 106 valence electrons. The molecular formula is C13H10BrF2NO3. The Kier molecular flexibility index (Phi) is 3.99. The molecule has 0 aromatic heterocycles. The van der Waals surface area contributed by atoms with Crippen LogP contribution in [0, 0.1) is 11.6 Å². The summed E-state index contributed by atoms with van der Waals surface area (Å²) >= 11 is 3.02. The summed E-state index contributed by atoms with van der Waals surface area (Å²) < 4.78 is 26.7. The van der Waals surface area contributed by atoms with Crippen LogP contribution in [0.4, 0.5) is 14.5 Å². The lowest BCUT2D eigenvalue weighted by molar-refractivity contribution is 0.365. The molecule has 0 unspecified atom stereocenters. The van der Waals surface area contributed by atoms with E-state index in [2.05, 4.69) is 21.2 Å². The molecule has 0 saturated heterocycles. The van der Waals surface area contributed by atoms with E-state index in [1.807, 2.05) is 0 Å². The van der Waals surface area contributed by atoms with Crippen molar-refractivity contribution in [2.45, 2.75) is 6.54 Å². The van der Waals surface area contributed by atoms with E-state index < -0.39 is 28.9 Å². The molecule has 0 fully saturated rings. The summed E-state index contributed by atoms with van der Waals surface area (Å²) in [7, 11) is 0. The molecule has 0 atom stereocenters. The largest absolute Gasteiger partial charge is 0.504 e. The quantitative estimate of drug-likeness (QED) is 0.643. The highest BCUT2D eigenvalue weighted by atomic mass is 79.9. The van der Waals surface area contributed by atoms with Crippen LogP contribution in [0.15, 0.2) is 28.7 Å². The van der Waals surface area contributed by atoms with E-state index in [9.17, 15) is 24.1 Å². The summed E-state index contributed by atoms with van der Waals surface area (Å²) in [4.78, 5) is 0. The SMILES string of the molecule is Oc1ccc(CNc2c(F)cc(F)cc2Br)c(O)c1O. The molecule has 0 aliphatic heterocycles. The van der Waals surface area contributed by atoms with E-state index in [1.165, 1.54) is 12.1 Å². The van der Waals surface area contributed by atoms with Crippen LogP contribution in [0.25, 0.3) is 0 Å². The molecule has 0 heterocycles. The van der Waals surface area contributed by atoms with Gasteiger partial charge in [0, 0.05) is 22.6 Å². The maximum Gasteiger partial charge on any atom is 0.200 e. The molecule has 0 spiro atoms. The minimum atomic E-state index is -0.792. The Morgan fingerprint density at radius 3 is 2.40 bits per heavy atom. The Bertz CT molecular complexity index is 641. The van der Waals surface area contributed by atoms with Gasteiger partial charge in [0.25, 0.3) is 0 Å². The van der Waals surface area contributed by atoms with Gasteiger partial charge in [-0.3, -0.25) is 0 Å². The third kappa shape index (κ3) is 2.77. The number of phenols is 3. The molecule has 0 radical (unpaired) electrons. The Morgan fingerprint density at radius 1 is 1.05 bits per heavy atom. The van der Waals surface area contributed by atoms with Crippen LogP contribution in [0.1, 0.15) is 5.56 Å². The van der Waals surface area contributed by atoms with Gasteiger partial charge < -0.3 is 20.6 Å². The zero-order chi connectivity index (χ0) is 14.9. The van der Waals surface area contributed by atoms with Crippen LogP contribution in [-0.4, -0.2) is 15.3 Å². The zero-order valence-corrected chi connectivity index (χ0v) is 11.6. The molecule has 2 aromatic rings. The van der Waals surface area contributed by atoms with Crippen molar-refractivity contribution in [3.8, 4) is 17.2 Å². The molecular weight excluding hydrogens is 336 g/mol. The first-order valence-corrected chi connectivity index (χ1v) is 6.30. The summed E-state index contributed by atoms with van der Waals surface area (Å²) in [5.74, 6) is -3.12. The topological polar surface area (TPSA) is 72.7 Å². The van der Waals surface area contributed by atoms with Gasteiger partial charge in [0.05, 0.1) is 5.69 Å². The number of halogens is 3. The van der Waals surface area contributed by atoms with E-state index in [0.717, 1.165) is 12.1 Å². The highest BCUT2D eigenvalue weighted by Crippen LogP contribution is 2.37. The van der Waals surface area contributed by atoms with Crippen LogP contribution in [-0.2, 0) is 6.54 Å². The molecule has 7 heteroatoms. The Hall–Kier alpha value is -2.02. The van der Waals surface area contributed by atoms with Gasteiger partial charge in [-0.2, -0.15) is 0 Å². The summed E-state index contributed by atoms with van der Waals surface area (Å²) in [6.07, 6.45) is 0. The number of phenolic OH excluding ortho intramolecular Hbond substituents is 3. The number of nitrogens with one attached hydrogen (secondary N) is 1. The van der Waals surface area contributed by atoms with Gasteiger partial charge in [-0.15, -0.1) is 0 Å². The molecule has 4 N–H and O–H groups in total. The van der Waals surface area contributed by atoms with Crippen molar-refractivity contribution >= 4 is 21.6 Å². The third-order valence-corrected chi connectivity index (χ3v) is 3.30. The summed E-state index contributed by atoms with van der Waals surface area (Å²) in [5.41, 5.74) is 0.272. The average molecular weight is 346 g/mol. The minimum Gasteiger partial charge on any atom is -0.504 e. The van der Waals surface area contributed by atoms with E-state index in [0.29, 0.717) is 0 Å². The lowest BCUT2D eigenvalue weighted by atomic mass is 10.1. The first-order chi connectivity index (χ1) is 9.40. The van der Waals surface area contributed by atoms with Crippen LogP contribution >= 0.6 is 15.9 Å². The molecule has 2 aromatic carbocycles. The number of anilines is 1. The number of aromatic hydroxyl groups is 3.